The number of Topliss-reactive ketones (excluding diaryl/α,β-unsaturated/α-hetero) is 1. The Morgan fingerprint density at radius 2 is 1.56 bits per heavy atom. The van der Waals surface area contributed by atoms with E-state index in [0.29, 0.717) is 12.2 Å². The van der Waals surface area contributed by atoms with Crippen LogP contribution in [0.5, 0.6) is 0 Å². The van der Waals surface area contributed by atoms with E-state index in [9.17, 15) is 4.79 Å². The average Bonchev–Trinajstić information content (AvgIpc) is 2.26. The van der Waals surface area contributed by atoms with E-state index in [1.807, 2.05) is 6.92 Å². The molecule has 16 heavy (non-hydrogen) atoms. The number of hydrogen-bond acceptors (Lipinski definition) is 1. The van der Waals surface area contributed by atoms with Crippen molar-refractivity contribution >= 4 is 5.78 Å². The number of rotatable bonds is 11. The molecule has 0 spiro atoms. The van der Waals surface area contributed by atoms with E-state index in [1.54, 1.807) is 0 Å². The molecular formula is C14H27KO. The largest absolute Gasteiger partial charge is 1.00 e. The van der Waals surface area contributed by atoms with Crippen LogP contribution in [0.4, 0.5) is 0 Å². The van der Waals surface area contributed by atoms with Crippen molar-refractivity contribution in [1.29, 1.82) is 0 Å². The Kier molecular flexibility index (Phi) is 20.0. The van der Waals surface area contributed by atoms with Crippen LogP contribution in [-0.4, -0.2) is 5.78 Å². The maximum Gasteiger partial charge on any atom is 1.00 e. The average molecular weight is 250 g/mol. The zero-order chi connectivity index (χ0) is 11.4. The molecule has 0 N–H and O–H groups in total. The molecule has 0 aliphatic rings. The van der Waals surface area contributed by atoms with Crippen LogP contribution < -0.4 is 51.4 Å². The van der Waals surface area contributed by atoms with Gasteiger partial charge >= 0.3 is 51.4 Å². The molecule has 0 aliphatic heterocycles. The monoisotopic (exact) mass is 250 g/mol. The minimum absolute atomic E-state index is 0. The summed E-state index contributed by atoms with van der Waals surface area (Å²) >= 11 is 0. The van der Waals surface area contributed by atoms with Gasteiger partial charge in [0.1, 0.15) is 5.78 Å². The number of carbonyl (C=O) groups excluding carboxylic acids is 1. The fourth-order valence-corrected chi connectivity index (χ4v) is 1.67. The molecular weight excluding hydrogens is 223 g/mol. The fraction of sp³-hybridized carbons (Fsp3) is 0.857. The van der Waals surface area contributed by atoms with E-state index < -0.39 is 0 Å². The molecule has 2 heteroatoms. The van der Waals surface area contributed by atoms with Gasteiger partial charge in [-0.3, -0.25) is 4.79 Å². The van der Waals surface area contributed by atoms with Gasteiger partial charge in [0.05, 0.1) is 0 Å². The van der Waals surface area contributed by atoms with Gasteiger partial charge in [0.2, 0.25) is 0 Å². The second-order valence-electron chi connectivity index (χ2n) is 4.28. The second kappa shape index (κ2) is 16.3. The van der Waals surface area contributed by atoms with Gasteiger partial charge in [-0.05, 0) is 6.42 Å². The predicted octanol–water partition coefficient (Wildman–Crippen LogP) is 1.70. The normalized spacial score (nSPS) is 9.88. The van der Waals surface area contributed by atoms with Crippen molar-refractivity contribution in [1.82, 2.24) is 0 Å². The van der Waals surface area contributed by atoms with Gasteiger partial charge < -0.3 is 6.42 Å². The molecule has 0 bridgehead atoms. The van der Waals surface area contributed by atoms with Gasteiger partial charge in [-0.2, -0.15) is 12.8 Å². The SMILES string of the molecule is CCC[CH-]CCCCCCCC(=O)CC.[K+]. The molecule has 0 fully saturated rings. The van der Waals surface area contributed by atoms with Crippen LogP contribution in [0.25, 0.3) is 0 Å². The summed E-state index contributed by atoms with van der Waals surface area (Å²) in [6.07, 6.45) is 14.1. The quantitative estimate of drug-likeness (QED) is 0.310. The molecule has 0 saturated heterocycles. The Balaban J connectivity index is 0. The summed E-state index contributed by atoms with van der Waals surface area (Å²) in [5, 5.41) is 0. The van der Waals surface area contributed by atoms with Crippen molar-refractivity contribution < 1.29 is 56.2 Å². The third kappa shape index (κ3) is 15.3. The van der Waals surface area contributed by atoms with Crippen LogP contribution in [0.2, 0.25) is 0 Å². The molecule has 0 aromatic carbocycles. The zero-order valence-corrected chi connectivity index (χ0v) is 14.7. The summed E-state index contributed by atoms with van der Waals surface area (Å²) in [7, 11) is 0. The Labute approximate surface area is 145 Å². The van der Waals surface area contributed by atoms with E-state index in [4.69, 9.17) is 0 Å². The number of hydrogen-bond donors (Lipinski definition) is 0. The van der Waals surface area contributed by atoms with E-state index in [2.05, 4.69) is 13.3 Å². The van der Waals surface area contributed by atoms with Crippen LogP contribution >= 0.6 is 0 Å². The third-order valence-corrected chi connectivity index (χ3v) is 2.75. The number of unbranched alkanes of at least 4 members (excludes halogenated alkanes) is 8. The molecule has 0 aromatic rings. The van der Waals surface area contributed by atoms with Crippen LogP contribution in [0.15, 0.2) is 0 Å². The molecule has 0 aromatic heterocycles. The molecule has 0 saturated carbocycles. The molecule has 90 valence electrons. The van der Waals surface area contributed by atoms with Gasteiger partial charge in [-0.25, -0.2) is 0 Å². The summed E-state index contributed by atoms with van der Waals surface area (Å²) in [6, 6.07) is 0. The van der Waals surface area contributed by atoms with Crippen LogP contribution in [-0.2, 0) is 4.79 Å². The third-order valence-electron chi connectivity index (χ3n) is 2.75. The topological polar surface area (TPSA) is 17.1 Å². The van der Waals surface area contributed by atoms with Gasteiger partial charge in [0, 0.05) is 12.8 Å². The van der Waals surface area contributed by atoms with Crippen molar-refractivity contribution in [2.24, 2.45) is 0 Å². The molecule has 0 atom stereocenters. The van der Waals surface area contributed by atoms with E-state index >= 15 is 0 Å². The van der Waals surface area contributed by atoms with E-state index in [0.717, 1.165) is 12.8 Å². The zero-order valence-electron chi connectivity index (χ0n) is 11.6. The van der Waals surface area contributed by atoms with E-state index in [1.165, 1.54) is 44.9 Å². The first-order valence-corrected chi connectivity index (χ1v) is 6.64. The summed E-state index contributed by atoms with van der Waals surface area (Å²) in [5.41, 5.74) is 0. The maximum absolute atomic E-state index is 11.0. The number of ketones is 1. The van der Waals surface area contributed by atoms with Crippen LogP contribution in [0.1, 0.15) is 78.1 Å². The summed E-state index contributed by atoms with van der Waals surface area (Å²) in [5.74, 6) is 0.422. The fourth-order valence-electron chi connectivity index (χ4n) is 1.67. The molecule has 0 amide bonds. The standard InChI is InChI=1S/C14H27O.K/c1-3-5-6-7-8-9-10-11-12-13-14(15)4-2;/h6H,3-5,7-13H2,1-2H3;/q-1;+1. The molecule has 1 nitrogen and oxygen atoms in total. The van der Waals surface area contributed by atoms with Crippen LogP contribution in [0, 0.1) is 6.42 Å². The first-order chi connectivity index (χ1) is 7.31. The van der Waals surface area contributed by atoms with Gasteiger partial charge in [0.15, 0.2) is 0 Å². The van der Waals surface area contributed by atoms with Gasteiger partial charge in [-0.15, -0.1) is 0 Å². The van der Waals surface area contributed by atoms with Crippen molar-refractivity contribution in [3.05, 3.63) is 6.42 Å². The molecule has 0 radical (unpaired) electrons. The van der Waals surface area contributed by atoms with Crippen LogP contribution in [0.3, 0.4) is 0 Å². The van der Waals surface area contributed by atoms with Crippen molar-refractivity contribution in [2.75, 3.05) is 0 Å². The summed E-state index contributed by atoms with van der Waals surface area (Å²) < 4.78 is 0. The van der Waals surface area contributed by atoms with E-state index in [-0.39, 0.29) is 51.4 Å². The summed E-state index contributed by atoms with van der Waals surface area (Å²) in [4.78, 5) is 11.0. The Morgan fingerprint density at radius 1 is 0.938 bits per heavy atom. The molecule has 0 unspecified atom stereocenters. The Bertz CT molecular complexity index is 146. The molecule has 0 heterocycles. The Hall–Kier alpha value is 1.31. The first kappa shape index (κ1) is 19.6. The second-order valence-corrected chi connectivity index (χ2v) is 4.28. The van der Waals surface area contributed by atoms with Crippen molar-refractivity contribution in [2.45, 2.75) is 78.1 Å². The predicted molar refractivity (Wildman–Crippen MR) is 66.8 cm³/mol. The molecule has 0 rings (SSSR count). The van der Waals surface area contributed by atoms with Crippen molar-refractivity contribution in [3.63, 3.8) is 0 Å². The minimum Gasteiger partial charge on any atom is -0.328 e. The van der Waals surface area contributed by atoms with Gasteiger partial charge in [-0.1, -0.05) is 46.0 Å². The molecule has 0 aliphatic carbocycles. The summed E-state index contributed by atoms with van der Waals surface area (Å²) in [6.45, 7) is 4.17. The Morgan fingerprint density at radius 3 is 2.19 bits per heavy atom. The van der Waals surface area contributed by atoms with Crippen molar-refractivity contribution in [3.8, 4) is 0 Å². The maximum atomic E-state index is 11.0. The minimum atomic E-state index is 0. The number of carbonyl (C=O) groups is 1. The first-order valence-electron chi connectivity index (χ1n) is 6.64. The van der Waals surface area contributed by atoms with Gasteiger partial charge in [0.25, 0.3) is 0 Å². The smallest absolute Gasteiger partial charge is 0.328 e.